The lowest BCUT2D eigenvalue weighted by molar-refractivity contribution is -0.162. The molecule has 4 nitrogen and oxygen atoms in total. The van der Waals surface area contributed by atoms with Gasteiger partial charge in [-0.3, -0.25) is 9.59 Å². The molecule has 0 fully saturated rings. The van der Waals surface area contributed by atoms with Crippen molar-refractivity contribution in [3.8, 4) is 0 Å². The van der Waals surface area contributed by atoms with Crippen molar-refractivity contribution in [2.24, 2.45) is 5.92 Å². The fraction of sp³-hybridized carbons (Fsp3) is 0.529. The van der Waals surface area contributed by atoms with Gasteiger partial charge in [-0.15, -0.1) is 0 Å². The first kappa shape index (κ1) is 17.2. The highest BCUT2D eigenvalue weighted by molar-refractivity contribution is 6.05. The lowest BCUT2D eigenvalue weighted by Gasteiger charge is -2.29. The average Bonchev–Trinajstić information content (AvgIpc) is 2.41. The van der Waals surface area contributed by atoms with Crippen LogP contribution in [0.25, 0.3) is 0 Å². The molecule has 1 atom stereocenters. The Morgan fingerprint density at radius 3 is 2.38 bits per heavy atom. The molecule has 0 radical (unpaired) electrons. The first-order chi connectivity index (χ1) is 9.86. The molecule has 0 saturated heterocycles. The molecule has 0 bridgehead atoms. The van der Waals surface area contributed by atoms with E-state index in [4.69, 9.17) is 4.74 Å². The fourth-order valence-electron chi connectivity index (χ4n) is 2.47. The summed E-state index contributed by atoms with van der Waals surface area (Å²) in [6.07, 6.45) is 0.878. The Bertz CT molecular complexity index is 507. The summed E-state index contributed by atoms with van der Waals surface area (Å²) >= 11 is 0. The number of rotatable bonds is 7. The Balaban J connectivity index is 3.40. The minimum Gasteiger partial charge on any atom is -0.480 e. The van der Waals surface area contributed by atoms with Gasteiger partial charge in [0.15, 0.2) is 5.41 Å². The van der Waals surface area contributed by atoms with Gasteiger partial charge in [0.2, 0.25) is 0 Å². The fourth-order valence-corrected chi connectivity index (χ4v) is 2.47. The maximum atomic E-state index is 12.5. The Labute approximate surface area is 126 Å². The van der Waals surface area contributed by atoms with Gasteiger partial charge < -0.3 is 9.84 Å². The number of aliphatic carboxylic acids is 1. The highest BCUT2D eigenvalue weighted by atomic mass is 16.5. The van der Waals surface area contributed by atoms with Crippen LogP contribution in [0.4, 0.5) is 0 Å². The maximum absolute atomic E-state index is 12.5. The summed E-state index contributed by atoms with van der Waals surface area (Å²) in [6, 6.07) is 7.12. The van der Waals surface area contributed by atoms with E-state index in [-0.39, 0.29) is 13.0 Å². The van der Waals surface area contributed by atoms with Crippen LogP contribution < -0.4 is 0 Å². The Kier molecular flexibility index (Phi) is 5.94. The van der Waals surface area contributed by atoms with Gasteiger partial charge >= 0.3 is 11.9 Å². The first-order valence-corrected chi connectivity index (χ1v) is 7.33. The number of esters is 1. The van der Waals surface area contributed by atoms with E-state index in [0.717, 1.165) is 5.56 Å². The molecule has 1 unspecified atom stereocenters. The summed E-state index contributed by atoms with van der Waals surface area (Å²) in [5, 5.41) is 9.81. The van der Waals surface area contributed by atoms with Crippen molar-refractivity contribution in [3.05, 3.63) is 35.4 Å². The van der Waals surface area contributed by atoms with E-state index in [1.54, 1.807) is 19.1 Å². The minimum absolute atomic E-state index is 0.168. The molecule has 0 saturated carbocycles. The third kappa shape index (κ3) is 3.63. The van der Waals surface area contributed by atoms with Crippen molar-refractivity contribution in [2.75, 3.05) is 6.61 Å². The molecular weight excluding hydrogens is 268 g/mol. The predicted octanol–water partition coefficient (Wildman–Crippen LogP) is 3.32. The summed E-state index contributed by atoms with van der Waals surface area (Å²) < 4.78 is 5.09. The molecule has 4 heteroatoms. The molecular formula is C17H24O4. The van der Waals surface area contributed by atoms with Crippen LogP contribution in [0.15, 0.2) is 24.3 Å². The van der Waals surface area contributed by atoms with Crippen LogP contribution in [0.1, 0.15) is 44.7 Å². The molecule has 0 aliphatic heterocycles. The second-order valence-corrected chi connectivity index (χ2v) is 5.68. The van der Waals surface area contributed by atoms with E-state index < -0.39 is 17.4 Å². The van der Waals surface area contributed by atoms with Gasteiger partial charge in [0, 0.05) is 0 Å². The van der Waals surface area contributed by atoms with E-state index in [2.05, 4.69) is 0 Å². The molecule has 1 aromatic carbocycles. The predicted molar refractivity (Wildman–Crippen MR) is 81.2 cm³/mol. The van der Waals surface area contributed by atoms with Crippen molar-refractivity contribution in [1.29, 1.82) is 0 Å². The zero-order valence-corrected chi connectivity index (χ0v) is 13.2. The van der Waals surface area contributed by atoms with Crippen LogP contribution in [0, 0.1) is 12.8 Å². The van der Waals surface area contributed by atoms with Crippen molar-refractivity contribution in [2.45, 2.75) is 46.0 Å². The normalized spacial score (nSPS) is 13.8. The van der Waals surface area contributed by atoms with E-state index in [0.29, 0.717) is 17.9 Å². The zero-order valence-electron chi connectivity index (χ0n) is 13.2. The number of hydrogen-bond donors (Lipinski definition) is 1. The van der Waals surface area contributed by atoms with Crippen molar-refractivity contribution in [1.82, 2.24) is 0 Å². The minimum atomic E-state index is -1.62. The van der Waals surface area contributed by atoms with Gasteiger partial charge in [-0.25, -0.2) is 0 Å². The molecule has 1 rings (SSSR count). The third-order valence-corrected chi connectivity index (χ3v) is 3.69. The molecule has 0 heterocycles. The molecule has 116 valence electrons. The average molecular weight is 292 g/mol. The largest absolute Gasteiger partial charge is 0.480 e. The number of carboxylic acids is 1. The van der Waals surface area contributed by atoms with Gasteiger partial charge in [-0.05, 0) is 43.7 Å². The summed E-state index contributed by atoms with van der Waals surface area (Å²) in [5.74, 6) is -1.51. The van der Waals surface area contributed by atoms with Crippen LogP contribution in [0.5, 0.6) is 0 Å². The molecule has 0 amide bonds. The van der Waals surface area contributed by atoms with Crippen LogP contribution in [0.2, 0.25) is 0 Å². The first-order valence-electron chi connectivity index (χ1n) is 7.33. The van der Waals surface area contributed by atoms with Gasteiger partial charge in [0.1, 0.15) is 0 Å². The Morgan fingerprint density at radius 1 is 1.29 bits per heavy atom. The van der Waals surface area contributed by atoms with E-state index in [1.165, 1.54) is 0 Å². The van der Waals surface area contributed by atoms with Gasteiger partial charge in [0.25, 0.3) is 0 Å². The topological polar surface area (TPSA) is 63.6 Å². The lowest BCUT2D eigenvalue weighted by atomic mass is 9.73. The summed E-state index contributed by atoms with van der Waals surface area (Å²) in [5.41, 5.74) is -0.306. The molecule has 21 heavy (non-hydrogen) atoms. The highest BCUT2D eigenvalue weighted by Crippen LogP contribution is 2.35. The van der Waals surface area contributed by atoms with E-state index >= 15 is 0 Å². The smallest absolute Gasteiger partial charge is 0.328 e. The standard InChI is InChI=1S/C17H24O4/c1-5-21-16(20)17(15(18)19,11-10-12(2)3)14-9-7-6-8-13(14)4/h6-9,12H,5,10-11H2,1-4H3,(H,18,19). The SMILES string of the molecule is CCOC(=O)C(CCC(C)C)(C(=O)O)c1ccccc1C. The number of aryl methyl sites for hydroxylation is 1. The molecule has 1 aromatic rings. The number of carbonyl (C=O) groups is 2. The van der Waals surface area contributed by atoms with E-state index in [9.17, 15) is 14.7 Å². The maximum Gasteiger partial charge on any atom is 0.328 e. The lowest BCUT2D eigenvalue weighted by Crippen LogP contribution is -2.45. The number of ether oxygens (including phenoxy) is 1. The van der Waals surface area contributed by atoms with Crippen molar-refractivity contribution in [3.63, 3.8) is 0 Å². The zero-order chi connectivity index (χ0) is 16.0. The monoisotopic (exact) mass is 292 g/mol. The van der Waals surface area contributed by atoms with Gasteiger partial charge in [-0.1, -0.05) is 38.1 Å². The van der Waals surface area contributed by atoms with Gasteiger partial charge in [0.05, 0.1) is 6.61 Å². The number of benzene rings is 1. The van der Waals surface area contributed by atoms with E-state index in [1.807, 2.05) is 32.9 Å². The second-order valence-electron chi connectivity index (χ2n) is 5.68. The molecule has 0 aliphatic carbocycles. The van der Waals surface area contributed by atoms with Crippen molar-refractivity contribution >= 4 is 11.9 Å². The third-order valence-electron chi connectivity index (χ3n) is 3.69. The Hall–Kier alpha value is -1.84. The summed E-state index contributed by atoms with van der Waals surface area (Å²) in [6.45, 7) is 7.69. The van der Waals surface area contributed by atoms with Crippen LogP contribution in [0.3, 0.4) is 0 Å². The Morgan fingerprint density at radius 2 is 1.90 bits per heavy atom. The highest BCUT2D eigenvalue weighted by Gasteiger charge is 2.49. The molecule has 0 spiro atoms. The molecule has 0 aliphatic rings. The number of hydrogen-bond acceptors (Lipinski definition) is 3. The van der Waals surface area contributed by atoms with Crippen molar-refractivity contribution < 1.29 is 19.4 Å². The van der Waals surface area contributed by atoms with Crippen LogP contribution >= 0.6 is 0 Å². The van der Waals surface area contributed by atoms with Crippen LogP contribution in [-0.4, -0.2) is 23.7 Å². The molecule has 1 N–H and O–H groups in total. The second kappa shape index (κ2) is 7.25. The quantitative estimate of drug-likeness (QED) is 0.618. The molecule has 0 aromatic heterocycles. The number of carboxylic acid groups (broad SMARTS) is 1. The van der Waals surface area contributed by atoms with Gasteiger partial charge in [-0.2, -0.15) is 0 Å². The summed E-state index contributed by atoms with van der Waals surface area (Å²) in [7, 11) is 0. The summed E-state index contributed by atoms with van der Waals surface area (Å²) in [4.78, 5) is 24.5. The number of carbonyl (C=O) groups excluding carboxylic acids is 1. The van der Waals surface area contributed by atoms with Crippen LogP contribution in [-0.2, 0) is 19.7 Å².